The maximum absolute atomic E-state index is 14.2. The van der Waals surface area contributed by atoms with E-state index in [-0.39, 0.29) is 29.8 Å². The van der Waals surface area contributed by atoms with Gasteiger partial charge in [-0.2, -0.15) is 5.10 Å². The van der Waals surface area contributed by atoms with E-state index in [4.69, 9.17) is 13.9 Å². The molecule has 0 aliphatic carbocycles. The number of ether oxygens (including phenoxy) is 2. The molecule has 0 radical (unpaired) electrons. The van der Waals surface area contributed by atoms with Crippen LogP contribution in [0.2, 0.25) is 0 Å². The van der Waals surface area contributed by atoms with Gasteiger partial charge in [0.2, 0.25) is 16.0 Å². The van der Waals surface area contributed by atoms with E-state index in [2.05, 4.69) is 25.9 Å². The van der Waals surface area contributed by atoms with Crippen molar-refractivity contribution in [1.82, 2.24) is 20.0 Å². The Balaban J connectivity index is 1.63. The summed E-state index contributed by atoms with van der Waals surface area (Å²) in [5, 5.41) is 17.4. The molecule has 0 bridgehead atoms. The van der Waals surface area contributed by atoms with Gasteiger partial charge in [-0.15, -0.1) is 10.2 Å². The lowest BCUT2D eigenvalue weighted by atomic mass is 10.2. The second-order valence-electron chi connectivity index (χ2n) is 6.93. The van der Waals surface area contributed by atoms with Crippen molar-refractivity contribution in [3.05, 3.63) is 70.0 Å². The quantitative estimate of drug-likeness (QED) is 0.329. The van der Waals surface area contributed by atoms with Crippen molar-refractivity contribution in [2.45, 2.75) is 6.92 Å². The van der Waals surface area contributed by atoms with Crippen molar-refractivity contribution in [1.29, 1.82) is 0 Å². The zero-order chi connectivity index (χ0) is 24.9. The molecule has 11 nitrogen and oxygen atoms in total. The molecule has 4 rings (SSSR count). The molecule has 0 atom stereocenters. The molecule has 2 N–H and O–H groups in total. The van der Waals surface area contributed by atoms with Crippen molar-refractivity contribution >= 4 is 33.8 Å². The number of benzene rings is 1. The fraction of sp³-hybridized carbons (Fsp3) is 0.190. The van der Waals surface area contributed by atoms with Gasteiger partial charge in [0.25, 0.3) is 5.91 Å². The largest absolute Gasteiger partial charge is 0.483 e. The molecule has 3 heterocycles. The molecule has 1 aromatic carbocycles. The Kier molecular flexibility index (Phi) is 7.12. The number of para-hydroxylation sites is 1. The lowest BCUT2D eigenvalue weighted by Gasteiger charge is -2.14. The molecule has 0 aliphatic heterocycles. The Morgan fingerprint density at radius 1 is 1.20 bits per heavy atom. The van der Waals surface area contributed by atoms with Gasteiger partial charge in [-0.1, -0.05) is 17.4 Å². The van der Waals surface area contributed by atoms with Crippen LogP contribution >= 0.6 is 11.3 Å². The third-order valence-corrected chi connectivity index (χ3v) is 5.35. The van der Waals surface area contributed by atoms with Crippen molar-refractivity contribution in [3.63, 3.8) is 0 Å². The van der Waals surface area contributed by atoms with E-state index < -0.39 is 34.6 Å². The number of anilines is 3. The lowest BCUT2D eigenvalue weighted by Crippen LogP contribution is -2.18. The van der Waals surface area contributed by atoms with Crippen LogP contribution in [0.3, 0.4) is 0 Å². The van der Waals surface area contributed by atoms with Gasteiger partial charge in [-0.3, -0.25) is 10.1 Å². The average molecular weight is 504 g/mol. The van der Waals surface area contributed by atoms with Crippen LogP contribution in [-0.2, 0) is 4.74 Å². The van der Waals surface area contributed by atoms with E-state index >= 15 is 0 Å². The summed E-state index contributed by atoms with van der Waals surface area (Å²) in [4.78, 5) is 25.4. The summed E-state index contributed by atoms with van der Waals surface area (Å²) in [6.45, 7) is 1.90. The zero-order valence-corrected chi connectivity index (χ0v) is 19.2. The summed E-state index contributed by atoms with van der Waals surface area (Å²) in [6, 6.07) is 6.11. The number of nitrogens with zero attached hydrogens (tertiary/aromatic N) is 4. The number of halogens is 2. The molecule has 0 fully saturated rings. The van der Waals surface area contributed by atoms with Gasteiger partial charge in [-0.05, 0) is 25.1 Å². The van der Waals surface area contributed by atoms with E-state index in [1.807, 2.05) is 6.92 Å². The standard InChI is InChI=1S/C21H18F2N6O5S/c1-11-6-7-24-29(11)21-28-27-20(35-21)26-18(30)15-10-14(17(19(31)34-15)33-9-8-32-2)25-16-12(22)4-3-5-13(16)23/h3-7,10,25H,8-9H2,1-2H3,(H,26,27,30). The van der Waals surface area contributed by atoms with Crippen LogP contribution in [0.5, 0.6) is 5.75 Å². The normalized spacial score (nSPS) is 10.9. The van der Waals surface area contributed by atoms with Crippen LogP contribution in [0.15, 0.2) is 45.7 Å². The number of methoxy groups -OCH3 is 1. The Hall–Kier alpha value is -4.17. The number of amides is 1. The molecule has 35 heavy (non-hydrogen) atoms. The van der Waals surface area contributed by atoms with Gasteiger partial charge in [0.1, 0.15) is 23.9 Å². The van der Waals surface area contributed by atoms with Gasteiger partial charge >= 0.3 is 5.63 Å². The molecule has 0 unspecified atom stereocenters. The minimum atomic E-state index is -1.04. The minimum absolute atomic E-state index is 0.0539. The van der Waals surface area contributed by atoms with Crippen LogP contribution < -0.4 is 21.0 Å². The number of nitrogens with one attached hydrogen (secondary N) is 2. The third kappa shape index (κ3) is 5.33. The fourth-order valence-corrected chi connectivity index (χ4v) is 3.64. The van der Waals surface area contributed by atoms with Gasteiger partial charge in [0.15, 0.2) is 5.76 Å². The topological polar surface area (TPSA) is 133 Å². The number of carbonyl (C=O) groups is 1. The van der Waals surface area contributed by atoms with E-state index in [1.165, 1.54) is 17.9 Å². The predicted molar refractivity (Wildman–Crippen MR) is 122 cm³/mol. The van der Waals surface area contributed by atoms with Gasteiger partial charge in [0.05, 0.1) is 12.3 Å². The molecule has 0 spiro atoms. The van der Waals surface area contributed by atoms with Crippen molar-refractivity contribution < 1.29 is 27.5 Å². The fourth-order valence-electron chi connectivity index (χ4n) is 2.88. The molecule has 0 aliphatic rings. The second-order valence-corrected chi connectivity index (χ2v) is 7.89. The number of hydrogen-bond donors (Lipinski definition) is 2. The summed E-state index contributed by atoms with van der Waals surface area (Å²) in [7, 11) is 1.43. The number of rotatable bonds is 9. The first-order valence-electron chi connectivity index (χ1n) is 10.0. The number of hydrogen-bond acceptors (Lipinski definition) is 10. The Morgan fingerprint density at radius 3 is 2.66 bits per heavy atom. The molecule has 0 saturated carbocycles. The minimum Gasteiger partial charge on any atom is -0.483 e. The van der Waals surface area contributed by atoms with Crippen molar-refractivity contribution in [2.24, 2.45) is 0 Å². The molecule has 0 saturated heterocycles. The molecule has 182 valence electrons. The van der Waals surface area contributed by atoms with Crippen LogP contribution in [0, 0.1) is 18.6 Å². The van der Waals surface area contributed by atoms with Gasteiger partial charge in [0, 0.05) is 25.1 Å². The van der Waals surface area contributed by atoms with Crippen LogP contribution in [0.1, 0.15) is 16.2 Å². The van der Waals surface area contributed by atoms with Crippen molar-refractivity contribution in [3.8, 4) is 10.9 Å². The van der Waals surface area contributed by atoms with Crippen LogP contribution in [0.4, 0.5) is 25.3 Å². The molecule has 14 heteroatoms. The Bertz CT molecular complexity index is 1400. The summed E-state index contributed by atoms with van der Waals surface area (Å²) >= 11 is 1.03. The second kappa shape index (κ2) is 10.4. The predicted octanol–water partition coefficient (Wildman–Crippen LogP) is 3.28. The summed E-state index contributed by atoms with van der Waals surface area (Å²) in [6.07, 6.45) is 1.59. The highest BCUT2D eigenvalue weighted by Crippen LogP contribution is 2.29. The highest BCUT2D eigenvalue weighted by atomic mass is 32.1. The Morgan fingerprint density at radius 2 is 1.97 bits per heavy atom. The highest BCUT2D eigenvalue weighted by Gasteiger charge is 2.21. The molecule has 1 amide bonds. The van der Waals surface area contributed by atoms with Crippen molar-refractivity contribution in [2.75, 3.05) is 31.0 Å². The van der Waals surface area contributed by atoms with E-state index in [0.717, 1.165) is 35.2 Å². The number of carbonyl (C=O) groups excluding carboxylic acids is 1. The van der Waals surface area contributed by atoms with Gasteiger partial charge < -0.3 is 19.2 Å². The maximum Gasteiger partial charge on any atom is 0.381 e. The smallest absolute Gasteiger partial charge is 0.381 e. The van der Waals surface area contributed by atoms with Gasteiger partial charge in [-0.25, -0.2) is 18.3 Å². The monoisotopic (exact) mass is 504 g/mol. The lowest BCUT2D eigenvalue weighted by molar-refractivity contribution is 0.0990. The van der Waals surface area contributed by atoms with E-state index in [0.29, 0.717) is 5.13 Å². The first-order chi connectivity index (χ1) is 16.9. The summed E-state index contributed by atoms with van der Waals surface area (Å²) in [5.41, 5.74) is -0.954. The molecular weight excluding hydrogens is 486 g/mol. The molecule has 4 aromatic rings. The average Bonchev–Trinajstić information content (AvgIpc) is 3.46. The highest BCUT2D eigenvalue weighted by molar-refractivity contribution is 7.17. The first-order valence-corrected chi connectivity index (χ1v) is 10.9. The third-order valence-electron chi connectivity index (χ3n) is 4.54. The van der Waals surface area contributed by atoms with E-state index in [9.17, 15) is 18.4 Å². The van der Waals surface area contributed by atoms with Crippen LogP contribution in [0.25, 0.3) is 5.13 Å². The summed E-state index contributed by atoms with van der Waals surface area (Å²) < 4.78 is 45.3. The first kappa shape index (κ1) is 24.0. The zero-order valence-electron chi connectivity index (χ0n) is 18.4. The Labute approximate surface area is 200 Å². The van der Waals surface area contributed by atoms with E-state index in [1.54, 1.807) is 12.3 Å². The summed E-state index contributed by atoms with van der Waals surface area (Å²) in [5.74, 6) is -3.51. The van der Waals surface area contributed by atoms with Crippen LogP contribution in [-0.4, -0.2) is 46.2 Å². The molecule has 3 aromatic heterocycles. The maximum atomic E-state index is 14.2. The SMILES string of the molecule is COCCOc1c(Nc2c(F)cccc2F)cc(C(=O)Nc2nnc(-n3nccc3C)s2)oc1=O. The number of aryl methyl sites for hydroxylation is 1. The molecular formula is C21H18F2N6O5S. The number of aromatic nitrogens is 4.